The van der Waals surface area contributed by atoms with Gasteiger partial charge in [-0.3, -0.25) is 4.98 Å². The lowest BCUT2D eigenvalue weighted by Gasteiger charge is -2.13. The number of halogens is 4. The molecular formula is C22H16F4N4O2S. The van der Waals surface area contributed by atoms with Gasteiger partial charge in [-0.15, -0.1) is 0 Å². The Kier molecular flexibility index (Phi) is 5.54. The Labute approximate surface area is 186 Å². The van der Waals surface area contributed by atoms with Gasteiger partial charge in [0.1, 0.15) is 10.7 Å². The van der Waals surface area contributed by atoms with Gasteiger partial charge in [0.2, 0.25) is 10.0 Å². The first-order valence-corrected chi connectivity index (χ1v) is 11.0. The van der Waals surface area contributed by atoms with Gasteiger partial charge >= 0.3 is 6.18 Å². The van der Waals surface area contributed by atoms with Gasteiger partial charge in [-0.1, -0.05) is 12.1 Å². The third-order valence-corrected chi connectivity index (χ3v) is 5.94. The topological polar surface area (TPSA) is 90.9 Å². The Morgan fingerprint density at radius 3 is 2.24 bits per heavy atom. The zero-order chi connectivity index (χ0) is 24.0. The lowest BCUT2D eigenvalue weighted by molar-refractivity contribution is -0.141. The van der Waals surface area contributed by atoms with E-state index >= 15 is 0 Å². The van der Waals surface area contributed by atoms with E-state index in [0.29, 0.717) is 11.1 Å². The number of hydrogen-bond donors (Lipinski definition) is 1. The molecule has 0 saturated carbocycles. The van der Waals surface area contributed by atoms with Gasteiger partial charge in [0, 0.05) is 24.0 Å². The van der Waals surface area contributed by atoms with Crippen LogP contribution in [0.1, 0.15) is 11.3 Å². The van der Waals surface area contributed by atoms with E-state index in [9.17, 15) is 26.0 Å². The predicted molar refractivity (Wildman–Crippen MR) is 113 cm³/mol. The molecule has 11 heteroatoms. The van der Waals surface area contributed by atoms with Crippen molar-refractivity contribution in [1.29, 1.82) is 0 Å². The van der Waals surface area contributed by atoms with Crippen molar-refractivity contribution in [2.75, 3.05) is 0 Å². The van der Waals surface area contributed by atoms with Crippen LogP contribution in [0.4, 0.5) is 17.6 Å². The lowest BCUT2D eigenvalue weighted by atomic mass is 9.98. The van der Waals surface area contributed by atoms with Crippen LogP contribution in [-0.4, -0.2) is 23.2 Å². The second-order valence-electron chi connectivity index (χ2n) is 7.25. The normalized spacial score (nSPS) is 12.2. The number of rotatable bonds is 4. The number of nitrogens with two attached hydrogens (primary N) is 1. The lowest BCUT2D eigenvalue weighted by Crippen LogP contribution is -2.14. The smallest absolute Gasteiger partial charge is 0.265 e. The summed E-state index contributed by atoms with van der Waals surface area (Å²) in [7, 11) is -4.35. The maximum Gasteiger partial charge on any atom is 0.435 e. The highest BCUT2D eigenvalue weighted by molar-refractivity contribution is 7.89. The summed E-state index contributed by atoms with van der Waals surface area (Å²) in [4.78, 5) is 3.19. The summed E-state index contributed by atoms with van der Waals surface area (Å²) in [6, 6.07) is 12.5. The van der Waals surface area contributed by atoms with Crippen molar-refractivity contribution in [3.63, 3.8) is 0 Å². The molecule has 0 saturated heterocycles. The molecule has 2 aromatic carbocycles. The largest absolute Gasteiger partial charge is 0.435 e. The number of alkyl halides is 3. The number of sulfonamides is 1. The monoisotopic (exact) mass is 476 g/mol. The second-order valence-corrected chi connectivity index (χ2v) is 8.78. The van der Waals surface area contributed by atoms with Crippen molar-refractivity contribution in [3.8, 4) is 28.1 Å². The van der Waals surface area contributed by atoms with Gasteiger partial charge in [-0.25, -0.2) is 22.6 Å². The molecule has 0 atom stereocenters. The summed E-state index contributed by atoms with van der Waals surface area (Å²) < 4.78 is 78.9. The SMILES string of the molecule is Cc1ccc(-c2ccncc2)cc1-c1cc(C(F)(F)F)nn1-c1ccc(S(N)(=O)=O)c(F)c1. The molecule has 0 radical (unpaired) electrons. The van der Waals surface area contributed by atoms with Crippen LogP contribution < -0.4 is 5.14 Å². The summed E-state index contributed by atoms with van der Waals surface area (Å²) in [5.74, 6) is -1.20. The summed E-state index contributed by atoms with van der Waals surface area (Å²) >= 11 is 0. The van der Waals surface area contributed by atoms with Crippen LogP contribution in [0.15, 0.2) is 71.9 Å². The van der Waals surface area contributed by atoms with Crippen LogP contribution >= 0.6 is 0 Å². The molecule has 0 unspecified atom stereocenters. The van der Waals surface area contributed by atoms with E-state index in [0.717, 1.165) is 40.1 Å². The van der Waals surface area contributed by atoms with Gasteiger partial charge in [-0.2, -0.15) is 18.3 Å². The van der Waals surface area contributed by atoms with E-state index in [1.807, 2.05) is 6.07 Å². The predicted octanol–water partition coefficient (Wildman–Crippen LogP) is 4.72. The Morgan fingerprint density at radius 1 is 0.939 bits per heavy atom. The quantitative estimate of drug-likeness (QED) is 0.432. The van der Waals surface area contributed by atoms with E-state index in [1.165, 1.54) is 0 Å². The molecule has 0 aliphatic carbocycles. The molecule has 2 aromatic heterocycles. The Hall–Kier alpha value is -3.57. The molecule has 4 rings (SSSR count). The molecule has 0 spiro atoms. The van der Waals surface area contributed by atoms with Gasteiger partial charge in [0.15, 0.2) is 5.69 Å². The van der Waals surface area contributed by atoms with E-state index in [1.54, 1.807) is 43.6 Å². The van der Waals surface area contributed by atoms with Crippen molar-refractivity contribution in [1.82, 2.24) is 14.8 Å². The molecule has 170 valence electrons. The van der Waals surface area contributed by atoms with Crippen LogP contribution in [0.5, 0.6) is 0 Å². The average molecular weight is 476 g/mol. The summed E-state index contributed by atoms with van der Waals surface area (Å²) in [5, 5.41) is 8.62. The van der Waals surface area contributed by atoms with Crippen LogP contribution in [0.25, 0.3) is 28.1 Å². The number of benzene rings is 2. The third-order valence-electron chi connectivity index (χ3n) is 4.99. The maximum atomic E-state index is 14.4. The molecule has 0 aliphatic rings. The molecule has 0 bridgehead atoms. The van der Waals surface area contributed by atoms with Gasteiger partial charge in [0.25, 0.3) is 0 Å². The number of aromatic nitrogens is 3. The minimum atomic E-state index is -4.75. The van der Waals surface area contributed by atoms with Gasteiger partial charge in [-0.05, 0) is 60.0 Å². The molecule has 6 nitrogen and oxygen atoms in total. The zero-order valence-corrected chi connectivity index (χ0v) is 17.8. The number of pyridine rings is 1. The van der Waals surface area contributed by atoms with Gasteiger partial charge in [0.05, 0.1) is 11.4 Å². The van der Waals surface area contributed by atoms with Crippen molar-refractivity contribution < 1.29 is 26.0 Å². The van der Waals surface area contributed by atoms with Crippen molar-refractivity contribution in [3.05, 3.63) is 84.1 Å². The molecule has 0 aliphatic heterocycles. The highest BCUT2D eigenvalue weighted by atomic mass is 32.2. The molecule has 0 amide bonds. The average Bonchev–Trinajstić information content (AvgIpc) is 3.19. The summed E-state index contributed by atoms with van der Waals surface area (Å²) in [5.41, 5.74) is 1.40. The zero-order valence-electron chi connectivity index (χ0n) is 17.0. The van der Waals surface area contributed by atoms with E-state index in [2.05, 4.69) is 10.1 Å². The number of hydrogen-bond acceptors (Lipinski definition) is 4. The Morgan fingerprint density at radius 2 is 1.64 bits per heavy atom. The van der Waals surface area contributed by atoms with Crippen LogP contribution in [0, 0.1) is 12.7 Å². The second kappa shape index (κ2) is 8.09. The highest BCUT2D eigenvalue weighted by Crippen LogP contribution is 2.36. The summed E-state index contributed by atoms with van der Waals surface area (Å²) in [6.45, 7) is 1.72. The van der Waals surface area contributed by atoms with Crippen molar-refractivity contribution in [2.45, 2.75) is 18.0 Å². The first kappa shape index (κ1) is 22.6. The first-order chi connectivity index (χ1) is 15.4. The van der Waals surface area contributed by atoms with Crippen LogP contribution in [-0.2, 0) is 16.2 Å². The first-order valence-electron chi connectivity index (χ1n) is 9.46. The van der Waals surface area contributed by atoms with Crippen molar-refractivity contribution in [2.24, 2.45) is 5.14 Å². The summed E-state index contributed by atoms with van der Waals surface area (Å²) in [6.07, 6.45) is -1.57. The fourth-order valence-corrected chi connectivity index (χ4v) is 3.97. The molecule has 2 N–H and O–H groups in total. The molecule has 2 heterocycles. The molecule has 4 aromatic rings. The molecule has 0 fully saturated rings. The van der Waals surface area contributed by atoms with E-state index in [4.69, 9.17) is 5.14 Å². The fourth-order valence-electron chi connectivity index (χ4n) is 3.38. The number of aryl methyl sites for hydroxylation is 1. The fraction of sp³-hybridized carbons (Fsp3) is 0.0909. The van der Waals surface area contributed by atoms with Gasteiger partial charge < -0.3 is 0 Å². The highest BCUT2D eigenvalue weighted by Gasteiger charge is 2.35. The van der Waals surface area contributed by atoms with E-state index in [-0.39, 0.29) is 11.4 Å². The Balaban J connectivity index is 1.94. The minimum absolute atomic E-state index is 0.0542. The van der Waals surface area contributed by atoms with Crippen LogP contribution in [0.3, 0.4) is 0 Å². The Bertz CT molecular complexity index is 1450. The van der Waals surface area contributed by atoms with Crippen LogP contribution in [0.2, 0.25) is 0 Å². The maximum absolute atomic E-state index is 14.4. The minimum Gasteiger partial charge on any atom is -0.265 e. The van der Waals surface area contributed by atoms with Crippen molar-refractivity contribution >= 4 is 10.0 Å². The number of nitrogens with zero attached hydrogens (tertiary/aromatic N) is 3. The molecule has 33 heavy (non-hydrogen) atoms. The third kappa shape index (κ3) is 4.50. The number of primary sulfonamides is 1. The molecular weight excluding hydrogens is 460 g/mol. The van der Waals surface area contributed by atoms with E-state index < -0.39 is 32.6 Å². The standard InChI is InChI=1S/C22H16F4N4O2S/c1-13-2-3-15(14-6-8-28-9-7-14)10-17(13)19-12-21(22(24,25)26)29-30(19)16-4-5-20(18(23)11-16)33(27,31)32/h2-12H,1H3,(H2,27,31,32).